The largest absolute Gasteiger partial charge is 0.507 e. The quantitative estimate of drug-likeness (QED) is 0.700. The summed E-state index contributed by atoms with van der Waals surface area (Å²) in [5, 5.41) is 21.3. The van der Waals surface area contributed by atoms with Gasteiger partial charge < -0.3 is 16.2 Å². The van der Waals surface area contributed by atoms with Crippen LogP contribution in [0.1, 0.15) is 18.4 Å². The number of rotatable bonds is 1. The zero-order chi connectivity index (χ0) is 15.9. The molecule has 0 bridgehead atoms. The molecule has 1 aliphatic heterocycles. The van der Waals surface area contributed by atoms with Crippen LogP contribution >= 0.6 is 0 Å². The van der Waals surface area contributed by atoms with Crippen LogP contribution in [0.4, 0.5) is 5.82 Å². The van der Waals surface area contributed by atoms with Gasteiger partial charge >= 0.3 is 0 Å². The smallest absolute Gasteiger partial charge is 0.161 e. The number of aromatic nitrogens is 2. The third kappa shape index (κ3) is 2.51. The van der Waals surface area contributed by atoms with E-state index in [4.69, 9.17) is 5.73 Å². The Balaban J connectivity index is 1.57. The molecule has 4 N–H and O–H groups in total. The predicted molar refractivity (Wildman–Crippen MR) is 88.4 cm³/mol. The molecule has 1 aromatic carbocycles. The lowest BCUT2D eigenvalue weighted by molar-refractivity contribution is 0.0266. The van der Waals surface area contributed by atoms with E-state index in [9.17, 15) is 5.11 Å². The number of para-hydroxylation sites is 1. The van der Waals surface area contributed by atoms with E-state index in [0.29, 0.717) is 34.0 Å². The Labute approximate surface area is 134 Å². The zero-order valence-electron chi connectivity index (χ0n) is 12.7. The number of phenols is 1. The van der Waals surface area contributed by atoms with Crippen molar-refractivity contribution in [1.29, 1.82) is 0 Å². The van der Waals surface area contributed by atoms with Gasteiger partial charge in [-0.3, -0.25) is 0 Å². The van der Waals surface area contributed by atoms with Gasteiger partial charge in [0.2, 0.25) is 0 Å². The van der Waals surface area contributed by atoms with Gasteiger partial charge in [-0.25, -0.2) is 0 Å². The maximum atomic E-state index is 9.94. The molecule has 2 heterocycles. The van der Waals surface area contributed by atoms with Crippen LogP contribution in [-0.2, 0) is 0 Å². The minimum absolute atomic E-state index is 0.170. The van der Waals surface area contributed by atoms with Crippen molar-refractivity contribution in [2.75, 3.05) is 18.8 Å². The summed E-state index contributed by atoms with van der Waals surface area (Å²) in [6, 6.07) is 8.83. The molecule has 1 aromatic heterocycles. The molecule has 116 valence electrons. The molecule has 1 spiro atoms. The summed E-state index contributed by atoms with van der Waals surface area (Å²) in [6.07, 6.45) is 2.33. The van der Waals surface area contributed by atoms with Gasteiger partial charge in [0.05, 0.1) is 11.3 Å². The molecule has 0 unspecified atom stereocenters. The highest BCUT2D eigenvalue weighted by molar-refractivity contribution is 5.69. The Kier molecular flexibility index (Phi) is 3.21. The Morgan fingerprint density at radius 2 is 2.00 bits per heavy atom. The van der Waals surface area contributed by atoms with Crippen LogP contribution in [0.15, 0.2) is 30.3 Å². The Morgan fingerprint density at radius 3 is 2.70 bits per heavy atom. The molecule has 4 rings (SSSR count). The molecule has 2 aliphatic rings. The fourth-order valence-electron chi connectivity index (χ4n) is 3.36. The van der Waals surface area contributed by atoms with Crippen LogP contribution in [-0.4, -0.2) is 28.4 Å². The Morgan fingerprint density at radius 1 is 1.22 bits per heavy atom. The predicted octanol–water partition coefficient (Wildman–Crippen LogP) is 1.78. The van der Waals surface area contributed by atoms with Crippen LogP contribution in [0.25, 0.3) is 11.3 Å². The first-order valence-electron chi connectivity index (χ1n) is 7.79. The first kappa shape index (κ1) is 14.0. The number of phenolic OH excluding ortho intramolecular Hbond substituents is 1. The van der Waals surface area contributed by atoms with Crippen molar-refractivity contribution >= 4 is 5.82 Å². The van der Waals surface area contributed by atoms with Crippen LogP contribution in [0.2, 0.25) is 0 Å². The van der Waals surface area contributed by atoms with Crippen molar-refractivity contribution in [3.63, 3.8) is 0 Å². The summed E-state index contributed by atoms with van der Waals surface area (Å²) in [5.74, 6) is 7.40. The number of hydrogen-bond donors (Lipinski definition) is 3. The number of hydrogen-bond acceptors (Lipinski definition) is 5. The molecule has 1 saturated carbocycles. The van der Waals surface area contributed by atoms with Crippen LogP contribution in [0.5, 0.6) is 5.75 Å². The highest BCUT2D eigenvalue weighted by atomic mass is 16.3. The fourth-order valence-corrected chi connectivity index (χ4v) is 3.36. The van der Waals surface area contributed by atoms with E-state index < -0.39 is 0 Å². The van der Waals surface area contributed by atoms with E-state index in [1.165, 1.54) is 0 Å². The lowest BCUT2D eigenvalue weighted by atomic mass is 9.59. The van der Waals surface area contributed by atoms with Gasteiger partial charge in [-0.15, -0.1) is 10.2 Å². The van der Waals surface area contributed by atoms with E-state index in [-0.39, 0.29) is 5.75 Å². The summed E-state index contributed by atoms with van der Waals surface area (Å²) in [7, 11) is 0. The third-order valence-corrected chi connectivity index (χ3v) is 4.77. The van der Waals surface area contributed by atoms with Crippen molar-refractivity contribution in [3.05, 3.63) is 35.9 Å². The number of nitrogens with one attached hydrogen (secondary N) is 1. The van der Waals surface area contributed by atoms with Crippen molar-refractivity contribution in [2.45, 2.75) is 12.8 Å². The second-order valence-corrected chi connectivity index (χ2v) is 6.52. The van der Waals surface area contributed by atoms with Gasteiger partial charge in [-0.2, -0.15) is 0 Å². The standard InChI is InChI=1S/C18H18N4O/c19-17-13(6-5-12-8-18(9-12)10-20-11-18)7-15(21-22-17)14-3-1-2-4-16(14)23/h1-4,7,12,20,23H,8-11H2,(H2,19,22). The molecule has 5 heteroatoms. The van der Waals surface area contributed by atoms with Gasteiger partial charge in [0.25, 0.3) is 0 Å². The van der Waals surface area contributed by atoms with Gasteiger partial charge in [-0.05, 0) is 36.5 Å². The lowest BCUT2D eigenvalue weighted by Crippen LogP contribution is -2.59. The number of nitrogens with two attached hydrogens (primary N) is 1. The normalized spacial score (nSPS) is 18.6. The van der Waals surface area contributed by atoms with Gasteiger partial charge in [0.15, 0.2) is 5.82 Å². The van der Waals surface area contributed by atoms with E-state index in [1.807, 2.05) is 6.07 Å². The van der Waals surface area contributed by atoms with E-state index in [1.54, 1.807) is 24.3 Å². The summed E-state index contributed by atoms with van der Waals surface area (Å²) < 4.78 is 0. The molecule has 1 aliphatic carbocycles. The maximum Gasteiger partial charge on any atom is 0.161 e. The fraction of sp³-hybridized carbons (Fsp3) is 0.333. The number of anilines is 1. The molecule has 0 radical (unpaired) electrons. The average Bonchev–Trinajstić information content (AvgIpc) is 2.46. The Bertz CT molecular complexity index is 809. The number of nitrogen functional groups attached to an aromatic ring is 1. The molecule has 2 fully saturated rings. The minimum Gasteiger partial charge on any atom is -0.507 e. The van der Waals surface area contributed by atoms with Crippen LogP contribution in [0, 0.1) is 23.2 Å². The number of benzene rings is 1. The van der Waals surface area contributed by atoms with E-state index >= 15 is 0 Å². The monoisotopic (exact) mass is 306 g/mol. The first-order chi connectivity index (χ1) is 11.2. The van der Waals surface area contributed by atoms with E-state index in [2.05, 4.69) is 27.4 Å². The van der Waals surface area contributed by atoms with Crippen molar-refractivity contribution in [3.8, 4) is 28.8 Å². The van der Waals surface area contributed by atoms with Gasteiger partial charge in [0, 0.05) is 24.6 Å². The number of aromatic hydroxyl groups is 1. The molecular formula is C18H18N4O. The Hall–Kier alpha value is -2.58. The van der Waals surface area contributed by atoms with Crippen molar-refractivity contribution in [1.82, 2.24) is 15.5 Å². The zero-order valence-corrected chi connectivity index (χ0v) is 12.7. The van der Waals surface area contributed by atoms with Crippen molar-refractivity contribution < 1.29 is 5.11 Å². The average molecular weight is 306 g/mol. The van der Waals surface area contributed by atoms with Crippen molar-refractivity contribution in [2.24, 2.45) is 11.3 Å². The van der Waals surface area contributed by atoms with Crippen LogP contribution < -0.4 is 11.1 Å². The highest BCUT2D eigenvalue weighted by Crippen LogP contribution is 2.47. The number of nitrogens with zero attached hydrogens (tertiary/aromatic N) is 2. The lowest BCUT2D eigenvalue weighted by Gasteiger charge is -2.53. The second kappa shape index (κ2) is 5.25. The first-order valence-corrected chi connectivity index (χ1v) is 7.79. The third-order valence-electron chi connectivity index (χ3n) is 4.77. The SMILES string of the molecule is Nc1nnc(-c2ccccc2O)cc1C#CC1CC2(CNC2)C1. The summed E-state index contributed by atoms with van der Waals surface area (Å²) in [6.45, 7) is 2.25. The summed E-state index contributed by atoms with van der Waals surface area (Å²) >= 11 is 0. The molecule has 1 saturated heterocycles. The molecule has 2 aromatic rings. The maximum absolute atomic E-state index is 9.94. The summed E-state index contributed by atoms with van der Waals surface area (Å²) in [4.78, 5) is 0. The molecule has 23 heavy (non-hydrogen) atoms. The highest BCUT2D eigenvalue weighted by Gasteiger charge is 2.47. The molecule has 5 nitrogen and oxygen atoms in total. The second-order valence-electron chi connectivity index (χ2n) is 6.52. The molecule has 0 atom stereocenters. The molecular weight excluding hydrogens is 288 g/mol. The van der Waals surface area contributed by atoms with E-state index in [0.717, 1.165) is 25.9 Å². The topological polar surface area (TPSA) is 84.1 Å². The van der Waals surface area contributed by atoms with Gasteiger partial charge in [-0.1, -0.05) is 24.0 Å². The van der Waals surface area contributed by atoms with Crippen LogP contribution in [0.3, 0.4) is 0 Å². The minimum atomic E-state index is 0.170. The molecule has 0 amide bonds. The summed E-state index contributed by atoms with van der Waals surface area (Å²) in [5.41, 5.74) is 8.29. The van der Waals surface area contributed by atoms with Gasteiger partial charge in [0.1, 0.15) is 5.75 Å².